The van der Waals surface area contributed by atoms with Crippen molar-refractivity contribution in [3.63, 3.8) is 0 Å². The first-order valence-corrected chi connectivity index (χ1v) is 24.2. The van der Waals surface area contributed by atoms with Crippen LogP contribution in [-0.2, 0) is 38.4 Å². The Hall–Kier alpha value is -9.46. The molecule has 11 bridgehead atoms. The van der Waals surface area contributed by atoms with E-state index in [1.54, 1.807) is 0 Å². The Kier molecular flexibility index (Phi) is 15.7. The highest BCUT2D eigenvalue weighted by atomic mass is 16.5. The normalized spacial score (nSPS) is 22.7. The molecule has 0 aromatic heterocycles. The third-order valence-electron chi connectivity index (χ3n) is 13.2. The van der Waals surface area contributed by atoms with E-state index < -0.39 is 154 Å². The zero-order valence-corrected chi connectivity index (χ0v) is 41.6. The highest BCUT2D eigenvalue weighted by molar-refractivity contribution is 6.00. The number of likely N-dealkylation sites (N-methyl/N-ethyl adjacent to an activating group) is 1. The summed E-state index contributed by atoms with van der Waals surface area (Å²) in [5, 5.41) is 96.5. The number of aliphatic hydroxyl groups excluding tert-OH is 2. The molecule has 408 valence electrons. The van der Waals surface area contributed by atoms with E-state index in [9.17, 15) is 69.3 Å². The largest absolute Gasteiger partial charge is 0.508 e. The maximum Gasteiger partial charge on any atom is 0.330 e. The third kappa shape index (κ3) is 11.5. The average molecular weight is 1080 g/mol. The zero-order chi connectivity index (χ0) is 56.4. The number of nitrogens with one attached hydrogen (secondary N) is 7. The fourth-order valence-electron chi connectivity index (χ4n) is 9.26. The summed E-state index contributed by atoms with van der Waals surface area (Å²) in [5.74, 6) is -13.8. The molecule has 5 aromatic rings. The molecular weight excluding hydrogens is 1020 g/mol. The van der Waals surface area contributed by atoms with Crippen LogP contribution in [0, 0.1) is 5.92 Å². The number of fused-ring (bicyclic) bond motifs is 15. The van der Waals surface area contributed by atoms with Gasteiger partial charge in [0.1, 0.15) is 71.2 Å². The second-order valence-electron chi connectivity index (χ2n) is 19.1. The molecule has 0 spiro atoms. The van der Waals surface area contributed by atoms with Gasteiger partial charge in [0.25, 0.3) is 0 Å². The number of hydrogen-bond donors (Lipinski definition) is 15. The smallest absolute Gasteiger partial charge is 0.330 e. The van der Waals surface area contributed by atoms with Crippen LogP contribution in [0.5, 0.6) is 46.0 Å². The van der Waals surface area contributed by atoms with Crippen LogP contribution in [0.15, 0.2) is 91.0 Å². The first-order chi connectivity index (χ1) is 37.0. The number of ether oxygens (including phenoxy) is 2. The number of rotatable bonds is 8. The number of nitrogens with two attached hydrogens (primary N) is 1. The van der Waals surface area contributed by atoms with Crippen molar-refractivity contribution in [2.75, 3.05) is 7.05 Å². The molecule has 0 aliphatic carbocycles. The van der Waals surface area contributed by atoms with E-state index in [0.29, 0.717) is 6.42 Å². The van der Waals surface area contributed by atoms with E-state index in [1.807, 2.05) is 13.8 Å². The van der Waals surface area contributed by atoms with Crippen LogP contribution in [0.1, 0.15) is 84.8 Å². The van der Waals surface area contributed by atoms with Crippen molar-refractivity contribution < 1.29 is 83.6 Å². The van der Waals surface area contributed by atoms with Gasteiger partial charge >= 0.3 is 5.97 Å². The number of aliphatic hydroxyl groups is 2. The maximum absolute atomic E-state index is 15.3. The number of phenols is 4. The molecule has 0 radical (unpaired) electrons. The van der Waals surface area contributed by atoms with Gasteiger partial charge in [-0.3, -0.25) is 33.6 Å². The van der Waals surface area contributed by atoms with E-state index in [-0.39, 0.29) is 45.2 Å². The molecule has 5 aromatic carbocycles. The molecule has 5 aliphatic rings. The molecule has 5 aliphatic heterocycles. The molecule has 25 nitrogen and oxygen atoms in total. The van der Waals surface area contributed by atoms with Gasteiger partial charge in [0.15, 0.2) is 17.5 Å². The summed E-state index contributed by atoms with van der Waals surface area (Å²) in [7, 11) is 1.52. The van der Waals surface area contributed by atoms with Crippen molar-refractivity contribution in [1.82, 2.24) is 37.2 Å². The van der Waals surface area contributed by atoms with Crippen molar-refractivity contribution in [3.05, 3.63) is 119 Å². The molecule has 9 unspecified atom stereocenters. The lowest BCUT2D eigenvalue weighted by molar-refractivity contribution is -0.143. The molecule has 7 amide bonds. The first-order valence-electron chi connectivity index (χ1n) is 24.2. The van der Waals surface area contributed by atoms with Crippen molar-refractivity contribution in [3.8, 4) is 57.1 Å². The Bertz CT molecular complexity index is 3230. The van der Waals surface area contributed by atoms with Crippen LogP contribution in [0.25, 0.3) is 11.1 Å². The predicted octanol–water partition coefficient (Wildman–Crippen LogP) is 1.09. The second-order valence-corrected chi connectivity index (χ2v) is 19.1. The Balaban J connectivity index is 1.33. The predicted molar refractivity (Wildman–Crippen MR) is 270 cm³/mol. The number of amides is 7. The Labute approximate surface area is 442 Å². The van der Waals surface area contributed by atoms with E-state index in [1.165, 1.54) is 55.6 Å². The average Bonchev–Trinajstić information content (AvgIpc) is 3.55. The van der Waals surface area contributed by atoms with Crippen molar-refractivity contribution in [2.24, 2.45) is 11.7 Å². The number of primary amides is 1. The maximum atomic E-state index is 15.3. The van der Waals surface area contributed by atoms with Crippen molar-refractivity contribution in [2.45, 2.75) is 81.2 Å². The van der Waals surface area contributed by atoms with Gasteiger partial charge in [-0.25, -0.2) is 4.79 Å². The van der Waals surface area contributed by atoms with Gasteiger partial charge in [-0.1, -0.05) is 44.2 Å². The molecule has 9 atom stereocenters. The van der Waals surface area contributed by atoms with Gasteiger partial charge in [0, 0.05) is 22.8 Å². The molecule has 0 fully saturated rings. The highest BCUT2D eigenvalue weighted by Gasteiger charge is 2.41. The minimum absolute atomic E-state index is 0.00872. The quantitative estimate of drug-likeness (QED) is 0.103. The Morgan fingerprint density at radius 3 is 1.78 bits per heavy atom. The van der Waals surface area contributed by atoms with Crippen LogP contribution in [-0.4, -0.2) is 114 Å². The van der Waals surface area contributed by atoms with Crippen LogP contribution in [0.4, 0.5) is 0 Å². The minimum Gasteiger partial charge on any atom is -0.508 e. The van der Waals surface area contributed by atoms with Crippen LogP contribution < -0.4 is 52.4 Å². The van der Waals surface area contributed by atoms with Gasteiger partial charge in [-0.05, 0) is 96.2 Å². The Morgan fingerprint density at radius 1 is 0.641 bits per heavy atom. The summed E-state index contributed by atoms with van der Waals surface area (Å²) >= 11 is 0. The van der Waals surface area contributed by atoms with Gasteiger partial charge in [0.2, 0.25) is 47.1 Å². The third-order valence-corrected chi connectivity index (χ3v) is 13.2. The summed E-state index contributed by atoms with van der Waals surface area (Å²) in [6.07, 6.45) is -4.49. The van der Waals surface area contributed by atoms with E-state index in [0.717, 1.165) is 42.5 Å². The Morgan fingerprint density at radius 2 is 1.21 bits per heavy atom. The zero-order valence-electron chi connectivity index (χ0n) is 41.6. The number of carboxylic acids is 1. The summed E-state index contributed by atoms with van der Waals surface area (Å²) in [6.45, 7) is 3.71. The number of phenolic OH excluding ortho intramolecular Hbond substituents is 4. The van der Waals surface area contributed by atoms with Gasteiger partial charge in [-0.2, -0.15) is 0 Å². The lowest BCUT2D eigenvalue weighted by atomic mass is 9.89. The summed E-state index contributed by atoms with van der Waals surface area (Å²) in [4.78, 5) is 113. The standard InChI is InChI=1S/C53H54N8O17/c1-21(2)14-31(55-3)47(69)60-42-44(66)22-4-9-27(10-5-22)77-35-16-25-17-36(46(35)68)78-28-11-6-23(7-12-28)45(67)43-52(74)59-41(53(75)76)30-18-26(62)19-34(64)38(30)29-15-24(8-13-33(29)63)39(49(71)61-43)58-50(72)40(25)57-48(70)32(20-37(54)65)56-51(42)73/h4-13,15-19,21,31-32,39-45,55,62-64,66-68H,14,20H2,1-3H3,(H2,54,65)(H,56,73)(H,57,70)(H,58,72)(H,59,74)(H,60,69)(H,61,71)(H,75,76). The number of hydrogen-bond acceptors (Lipinski definition) is 17. The van der Waals surface area contributed by atoms with E-state index in [4.69, 9.17) is 15.2 Å². The van der Waals surface area contributed by atoms with Crippen molar-refractivity contribution in [1.29, 1.82) is 0 Å². The number of aliphatic carboxylic acids is 1. The van der Waals surface area contributed by atoms with Gasteiger partial charge < -0.3 is 88.2 Å². The van der Waals surface area contributed by atoms with Gasteiger partial charge in [-0.15, -0.1) is 0 Å². The van der Waals surface area contributed by atoms with E-state index >= 15 is 4.79 Å². The molecule has 25 heteroatoms. The number of carbonyl (C=O) groups is 8. The molecule has 5 heterocycles. The number of carboxylic acid groups (broad SMARTS) is 1. The van der Waals surface area contributed by atoms with Gasteiger partial charge in [0.05, 0.1) is 12.5 Å². The minimum atomic E-state index is -2.14. The first kappa shape index (κ1) is 54.8. The lowest BCUT2D eigenvalue weighted by Crippen LogP contribution is -2.59. The molecule has 0 saturated carbocycles. The van der Waals surface area contributed by atoms with Crippen LogP contribution in [0.2, 0.25) is 0 Å². The monoisotopic (exact) mass is 1070 g/mol. The summed E-state index contributed by atoms with van der Waals surface area (Å²) in [6, 6.07) is 4.56. The number of carbonyl (C=O) groups excluding carboxylic acids is 7. The fourth-order valence-corrected chi connectivity index (χ4v) is 9.26. The summed E-state index contributed by atoms with van der Waals surface area (Å²) in [5.41, 5.74) is 3.76. The number of benzene rings is 5. The molecule has 16 N–H and O–H groups in total. The van der Waals surface area contributed by atoms with Crippen molar-refractivity contribution >= 4 is 47.3 Å². The van der Waals surface area contributed by atoms with Crippen LogP contribution in [0.3, 0.4) is 0 Å². The SMILES string of the molecule is CNC(CC(C)C)C(=O)NC1C(=O)NC(CC(N)=O)C(=O)NC2C(=O)NC3C(=O)NC(C(=O)NC(C(=O)O)c4cc(O)cc(O)c4-c4cc3ccc4O)C(O)c3ccc(cc3)Oc3cc2cc(c3O)Oc2ccc(cc2)C1O. The lowest BCUT2D eigenvalue weighted by Gasteiger charge is -2.31. The molecule has 78 heavy (non-hydrogen) atoms. The second kappa shape index (κ2) is 22.4. The molecule has 10 rings (SSSR count). The summed E-state index contributed by atoms with van der Waals surface area (Å²) < 4.78 is 12.2. The van der Waals surface area contributed by atoms with E-state index in [2.05, 4.69) is 37.2 Å². The highest BCUT2D eigenvalue weighted by Crippen LogP contribution is 2.46. The molecular formula is C53H54N8O17. The molecule has 0 saturated heterocycles. The number of aromatic hydroxyl groups is 4. The van der Waals surface area contributed by atoms with Crippen LogP contribution >= 0.6 is 0 Å². The fraction of sp³-hybridized carbons (Fsp3) is 0.283. The topological polar surface area (TPSA) is 407 Å².